The normalized spacial score (nSPS) is 19.8. The Hall–Kier alpha value is -1.37. The summed E-state index contributed by atoms with van der Waals surface area (Å²) in [5, 5.41) is 1.50. The Bertz CT molecular complexity index is 897. The van der Waals surface area contributed by atoms with Crippen LogP contribution in [0.25, 0.3) is 10.2 Å². The molecule has 0 spiro atoms. The summed E-state index contributed by atoms with van der Waals surface area (Å²) in [5.41, 5.74) is 1.90. The zero-order valence-electron chi connectivity index (χ0n) is 15.1. The molecule has 0 unspecified atom stereocenters. The van der Waals surface area contributed by atoms with Gasteiger partial charge in [0.25, 0.3) is 5.56 Å². The molecule has 2 aromatic heterocycles. The van der Waals surface area contributed by atoms with Crippen molar-refractivity contribution < 1.29 is 4.74 Å². The van der Waals surface area contributed by atoms with E-state index in [2.05, 4.69) is 27.0 Å². The van der Waals surface area contributed by atoms with E-state index in [-0.39, 0.29) is 11.2 Å². The van der Waals surface area contributed by atoms with Gasteiger partial charge in [-0.05, 0) is 25.8 Å². The molecule has 0 amide bonds. The van der Waals surface area contributed by atoms with E-state index >= 15 is 0 Å². The minimum absolute atomic E-state index is 0.0393. The standard InChI is InChI=1S/C19H24N2O2S2/c1-6-8-24-18-20-16-15(17(22)21(18)10-12(3)4)13-9-19(5,7-2)23-11-14(13)25-16/h6H,1,3,7-11H2,2,4-5H3/t19-/m0/s1. The number of hydrogen-bond donors (Lipinski definition) is 0. The highest BCUT2D eigenvalue weighted by molar-refractivity contribution is 7.99. The molecule has 1 atom stereocenters. The molecule has 0 saturated heterocycles. The fourth-order valence-electron chi connectivity index (χ4n) is 3.01. The summed E-state index contributed by atoms with van der Waals surface area (Å²) in [6.07, 6.45) is 3.51. The van der Waals surface area contributed by atoms with Crippen LogP contribution in [-0.2, 0) is 24.3 Å². The van der Waals surface area contributed by atoms with Crippen molar-refractivity contribution in [2.75, 3.05) is 5.75 Å². The fourth-order valence-corrected chi connectivity index (χ4v) is 4.89. The first-order chi connectivity index (χ1) is 11.9. The molecular formula is C19H24N2O2S2. The van der Waals surface area contributed by atoms with Gasteiger partial charge in [0.15, 0.2) is 5.16 Å². The van der Waals surface area contributed by atoms with E-state index in [4.69, 9.17) is 9.72 Å². The molecule has 1 aliphatic rings. The highest BCUT2D eigenvalue weighted by Gasteiger charge is 2.33. The number of thioether (sulfide) groups is 1. The third kappa shape index (κ3) is 3.48. The van der Waals surface area contributed by atoms with Crippen LogP contribution in [0.3, 0.4) is 0 Å². The Morgan fingerprint density at radius 2 is 2.32 bits per heavy atom. The van der Waals surface area contributed by atoms with Crippen molar-refractivity contribution in [2.24, 2.45) is 0 Å². The molecule has 6 heteroatoms. The van der Waals surface area contributed by atoms with Gasteiger partial charge in [-0.1, -0.05) is 36.9 Å². The van der Waals surface area contributed by atoms with Gasteiger partial charge in [0.1, 0.15) is 4.83 Å². The Morgan fingerprint density at radius 1 is 1.56 bits per heavy atom. The van der Waals surface area contributed by atoms with Gasteiger partial charge < -0.3 is 4.74 Å². The maximum absolute atomic E-state index is 13.3. The van der Waals surface area contributed by atoms with Crippen molar-refractivity contribution in [2.45, 2.75) is 57.5 Å². The lowest BCUT2D eigenvalue weighted by molar-refractivity contribution is -0.0543. The Balaban J connectivity index is 2.20. The zero-order chi connectivity index (χ0) is 18.2. The van der Waals surface area contributed by atoms with E-state index in [0.29, 0.717) is 13.2 Å². The van der Waals surface area contributed by atoms with E-state index in [1.165, 1.54) is 11.8 Å². The highest BCUT2D eigenvalue weighted by Crippen LogP contribution is 2.38. The first-order valence-electron chi connectivity index (χ1n) is 8.45. The minimum Gasteiger partial charge on any atom is -0.369 e. The minimum atomic E-state index is -0.205. The molecule has 25 heavy (non-hydrogen) atoms. The van der Waals surface area contributed by atoms with Crippen molar-refractivity contribution in [1.29, 1.82) is 0 Å². The maximum atomic E-state index is 13.3. The summed E-state index contributed by atoms with van der Waals surface area (Å²) in [5.74, 6) is 0.718. The van der Waals surface area contributed by atoms with Crippen LogP contribution in [0.5, 0.6) is 0 Å². The molecule has 134 valence electrons. The topological polar surface area (TPSA) is 44.1 Å². The predicted molar refractivity (Wildman–Crippen MR) is 107 cm³/mol. The molecule has 0 N–H and O–H groups in total. The predicted octanol–water partition coefficient (Wildman–Crippen LogP) is 4.55. The summed E-state index contributed by atoms with van der Waals surface area (Å²) in [6, 6.07) is 0. The molecule has 3 rings (SSSR count). The lowest BCUT2D eigenvalue weighted by Crippen LogP contribution is -2.34. The van der Waals surface area contributed by atoms with Crippen LogP contribution in [0.4, 0.5) is 0 Å². The van der Waals surface area contributed by atoms with Crippen LogP contribution in [0.1, 0.15) is 37.6 Å². The summed E-state index contributed by atoms with van der Waals surface area (Å²) in [4.78, 5) is 20.1. The van der Waals surface area contributed by atoms with Gasteiger partial charge >= 0.3 is 0 Å². The SMILES string of the molecule is C=CCSc1nc2sc3c(c2c(=O)n1CC(=C)C)C[C@](C)(CC)OC3. The van der Waals surface area contributed by atoms with Crippen molar-refractivity contribution in [1.82, 2.24) is 9.55 Å². The highest BCUT2D eigenvalue weighted by atomic mass is 32.2. The third-order valence-corrected chi connectivity index (χ3v) is 6.64. The largest absolute Gasteiger partial charge is 0.369 e. The van der Waals surface area contributed by atoms with Gasteiger partial charge in [0.2, 0.25) is 0 Å². The van der Waals surface area contributed by atoms with E-state index in [1.807, 2.05) is 13.0 Å². The van der Waals surface area contributed by atoms with Crippen molar-refractivity contribution in [3.63, 3.8) is 0 Å². The van der Waals surface area contributed by atoms with E-state index in [0.717, 1.165) is 50.0 Å². The summed E-state index contributed by atoms with van der Waals surface area (Å²) in [7, 11) is 0. The molecular weight excluding hydrogens is 352 g/mol. The smallest absolute Gasteiger partial charge is 0.263 e. The molecule has 0 radical (unpaired) electrons. The number of hydrogen-bond acceptors (Lipinski definition) is 5. The monoisotopic (exact) mass is 376 g/mol. The fraction of sp³-hybridized carbons (Fsp3) is 0.474. The van der Waals surface area contributed by atoms with Gasteiger partial charge in [0, 0.05) is 23.6 Å². The lowest BCUT2D eigenvalue weighted by atomic mass is 9.90. The number of aromatic nitrogens is 2. The number of nitrogens with zero attached hydrogens (tertiary/aromatic N) is 2. The molecule has 0 aliphatic carbocycles. The molecule has 0 fully saturated rings. The quantitative estimate of drug-likeness (QED) is 0.421. The second-order valence-corrected chi connectivity index (χ2v) is 8.87. The van der Waals surface area contributed by atoms with Crippen molar-refractivity contribution in [3.8, 4) is 0 Å². The summed E-state index contributed by atoms with van der Waals surface area (Å²) in [6.45, 7) is 15.0. The number of rotatable bonds is 6. The molecule has 0 saturated carbocycles. The number of allylic oxidation sites excluding steroid dienone is 1. The molecule has 4 nitrogen and oxygen atoms in total. The van der Waals surface area contributed by atoms with Crippen LogP contribution in [-0.4, -0.2) is 20.9 Å². The van der Waals surface area contributed by atoms with Crippen LogP contribution < -0.4 is 5.56 Å². The second kappa shape index (κ2) is 7.09. The summed E-state index contributed by atoms with van der Waals surface area (Å²) < 4.78 is 7.80. The molecule has 1 aliphatic heterocycles. The second-order valence-electron chi connectivity index (χ2n) is 6.80. The van der Waals surface area contributed by atoms with Gasteiger partial charge in [-0.15, -0.1) is 17.9 Å². The first-order valence-corrected chi connectivity index (χ1v) is 10.3. The third-order valence-electron chi connectivity index (χ3n) is 4.57. The Kier molecular flexibility index (Phi) is 5.23. The van der Waals surface area contributed by atoms with E-state index in [9.17, 15) is 4.79 Å². The molecule has 2 aromatic rings. The zero-order valence-corrected chi connectivity index (χ0v) is 16.7. The van der Waals surface area contributed by atoms with Crippen LogP contribution >= 0.6 is 23.1 Å². The molecule has 3 heterocycles. The van der Waals surface area contributed by atoms with E-state index < -0.39 is 0 Å². The van der Waals surface area contributed by atoms with Gasteiger partial charge in [0.05, 0.1) is 17.6 Å². The number of thiophene rings is 1. The molecule has 0 aromatic carbocycles. The van der Waals surface area contributed by atoms with Crippen LogP contribution in [0.15, 0.2) is 34.8 Å². The van der Waals surface area contributed by atoms with Gasteiger partial charge in [-0.25, -0.2) is 4.98 Å². The summed E-state index contributed by atoms with van der Waals surface area (Å²) >= 11 is 3.13. The lowest BCUT2D eigenvalue weighted by Gasteiger charge is -2.32. The molecule has 0 bridgehead atoms. The average molecular weight is 377 g/mol. The maximum Gasteiger partial charge on any atom is 0.263 e. The van der Waals surface area contributed by atoms with E-state index in [1.54, 1.807) is 15.9 Å². The Morgan fingerprint density at radius 3 is 2.96 bits per heavy atom. The van der Waals surface area contributed by atoms with Crippen LogP contribution in [0, 0.1) is 0 Å². The first kappa shape index (κ1) is 18.4. The van der Waals surface area contributed by atoms with Crippen molar-refractivity contribution in [3.05, 3.63) is 45.6 Å². The Labute approximate surface area is 156 Å². The number of ether oxygens (including phenoxy) is 1. The van der Waals surface area contributed by atoms with Gasteiger partial charge in [-0.2, -0.15) is 0 Å². The average Bonchev–Trinajstić information content (AvgIpc) is 2.93. The van der Waals surface area contributed by atoms with Gasteiger partial charge in [-0.3, -0.25) is 9.36 Å². The number of fused-ring (bicyclic) bond motifs is 3. The van der Waals surface area contributed by atoms with Crippen molar-refractivity contribution >= 4 is 33.3 Å². The van der Waals surface area contributed by atoms with Crippen LogP contribution in [0.2, 0.25) is 0 Å².